The Morgan fingerprint density at radius 1 is 1.14 bits per heavy atom. The van der Waals surface area contributed by atoms with E-state index in [4.69, 9.17) is 15.2 Å². The smallest absolute Gasteiger partial charge is 0.161 e. The molecular formula is C18H21NO2. The monoisotopic (exact) mass is 283 g/mol. The van der Waals surface area contributed by atoms with Gasteiger partial charge in [-0.3, -0.25) is 0 Å². The largest absolute Gasteiger partial charge is 0.493 e. The van der Waals surface area contributed by atoms with E-state index in [2.05, 4.69) is 25.1 Å². The van der Waals surface area contributed by atoms with Crippen LogP contribution in [0.4, 0.5) is 0 Å². The van der Waals surface area contributed by atoms with Gasteiger partial charge in [0.15, 0.2) is 11.5 Å². The molecule has 1 aliphatic carbocycles. The van der Waals surface area contributed by atoms with Crippen molar-refractivity contribution >= 4 is 0 Å². The molecule has 2 aromatic carbocycles. The highest BCUT2D eigenvalue weighted by Crippen LogP contribution is 2.36. The first kappa shape index (κ1) is 14.0. The lowest BCUT2D eigenvalue weighted by Gasteiger charge is -2.20. The van der Waals surface area contributed by atoms with E-state index in [0.717, 1.165) is 24.3 Å². The van der Waals surface area contributed by atoms with Crippen LogP contribution < -0.4 is 15.2 Å². The third kappa shape index (κ3) is 2.61. The Labute approximate surface area is 125 Å². The normalized spacial score (nSPS) is 20.1. The van der Waals surface area contributed by atoms with Crippen LogP contribution in [0.3, 0.4) is 0 Å². The number of benzene rings is 2. The second kappa shape index (κ2) is 5.78. The number of aryl methyl sites for hydroxylation is 1. The van der Waals surface area contributed by atoms with Gasteiger partial charge in [0.2, 0.25) is 0 Å². The summed E-state index contributed by atoms with van der Waals surface area (Å²) in [6.45, 7) is 2.12. The van der Waals surface area contributed by atoms with E-state index in [9.17, 15) is 0 Å². The summed E-state index contributed by atoms with van der Waals surface area (Å²) in [5, 5.41) is 0. The quantitative estimate of drug-likeness (QED) is 0.936. The third-order valence-electron chi connectivity index (χ3n) is 4.15. The number of fused-ring (bicyclic) bond motifs is 1. The van der Waals surface area contributed by atoms with E-state index < -0.39 is 0 Å². The molecule has 3 heteroatoms. The molecule has 21 heavy (non-hydrogen) atoms. The van der Waals surface area contributed by atoms with E-state index in [1.54, 1.807) is 7.11 Å². The molecule has 0 bridgehead atoms. The van der Waals surface area contributed by atoms with Gasteiger partial charge < -0.3 is 15.2 Å². The van der Waals surface area contributed by atoms with Gasteiger partial charge in [-0.05, 0) is 35.2 Å². The van der Waals surface area contributed by atoms with Gasteiger partial charge in [-0.1, -0.05) is 37.3 Å². The Hall–Kier alpha value is -2.00. The Morgan fingerprint density at radius 2 is 1.95 bits per heavy atom. The fourth-order valence-electron chi connectivity index (χ4n) is 2.90. The lowest BCUT2D eigenvalue weighted by molar-refractivity contribution is 0.177. The van der Waals surface area contributed by atoms with Crippen molar-refractivity contribution in [1.82, 2.24) is 0 Å². The van der Waals surface area contributed by atoms with Gasteiger partial charge in [0.25, 0.3) is 0 Å². The lowest BCUT2D eigenvalue weighted by Crippen LogP contribution is -2.28. The Kier molecular flexibility index (Phi) is 3.84. The highest BCUT2D eigenvalue weighted by atomic mass is 16.5. The first-order valence-corrected chi connectivity index (χ1v) is 7.40. The fraction of sp³-hybridized carbons (Fsp3) is 0.333. The average molecular weight is 283 g/mol. The number of nitrogens with two attached hydrogens (primary N) is 1. The molecule has 0 aliphatic heterocycles. The fourth-order valence-corrected chi connectivity index (χ4v) is 2.90. The predicted molar refractivity (Wildman–Crippen MR) is 83.9 cm³/mol. The minimum Gasteiger partial charge on any atom is -0.493 e. The van der Waals surface area contributed by atoms with Crippen LogP contribution in [0.25, 0.3) is 0 Å². The molecule has 0 spiro atoms. The summed E-state index contributed by atoms with van der Waals surface area (Å²) < 4.78 is 11.6. The number of methoxy groups -OCH3 is 1. The van der Waals surface area contributed by atoms with Crippen LogP contribution in [0.5, 0.6) is 11.5 Å². The summed E-state index contributed by atoms with van der Waals surface area (Å²) in [5.74, 6) is 1.54. The molecule has 0 aromatic heterocycles. The van der Waals surface area contributed by atoms with Gasteiger partial charge in [0, 0.05) is 6.42 Å². The third-order valence-corrected chi connectivity index (χ3v) is 4.15. The second-order valence-electron chi connectivity index (χ2n) is 5.42. The van der Waals surface area contributed by atoms with E-state index in [-0.39, 0.29) is 12.1 Å². The maximum atomic E-state index is 6.32. The minimum absolute atomic E-state index is 0.0382. The molecule has 0 saturated heterocycles. The maximum Gasteiger partial charge on any atom is 0.161 e. The van der Waals surface area contributed by atoms with Crippen LogP contribution in [-0.4, -0.2) is 13.2 Å². The summed E-state index contributed by atoms with van der Waals surface area (Å²) in [4.78, 5) is 0. The van der Waals surface area contributed by atoms with Crippen LogP contribution in [0.1, 0.15) is 29.7 Å². The summed E-state index contributed by atoms with van der Waals surface area (Å²) in [6, 6.07) is 14.3. The Balaban J connectivity index is 1.82. The molecule has 0 heterocycles. The van der Waals surface area contributed by atoms with Gasteiger partial charge in [0.1, 0.15) is 6.10 Å². The summed E-state index contributed by atoms with van der Waals surface area (Å²) in [6.07, 6.45) is 1.78. The van der Waals surface area contributed by atoms with Crippen LogP contribution in [0.2, 0.25) is 0 Å². The molecule has 2 atom stereocenters. The predicted octanol–water partition coefficient (Wildman–Crippen LogP) is 3.26. The highest BCUT2D eigenvalue weighted by molar-refractivity contribution is 5.44. The number of hydrogen-bond acceptors (Lipinski definition) is 3. The number of ether oxygens (including phenoxy) is 2. The van der Waals surface area contributed by atoms with Crippen LogP contribution in [-0.2, 0) is 12.8 Å². The van der Waals surface area contributed by atoms with Crippen LogP contribution in [0, 0.1) is 0 Å². The van der Waals surface area contributed by atoms with Crippen LogP contribution in [0.15, 0.2) is 42.5 Å². The molecule has 2 N–H and O–H groups in total. The van der Waals surface area contributed by atoms with Gasteiger partial charge in [0.05, 0.1) is 13.2 Å². The van der Waals surface area contributed by atoms with Crippen molar-refractivity contribution < 1.29 is 9.47 Å². The summed E-state index contributed by atoms with van der Waals surface area (Å²) >= 11 is 0. The number of hydrogen-bond donors (Lipinski definition) is 1. The van der Waals surface area contributed by atoms with Crippen molar-refractivity contribution in [3.63, 3.8) is 0 Å². The topological polar surface area (TPSA) is 44.5 Å². The zero-order valence-corrected chi connectivity index (χ0v) is 12.5. The van der Waals surface area contributed by atoms with E-state index in [1.807, 2.05) is 24.3 Å². The molecule has 3 rings (SSSR count). The Bertz CT molecular complexity index is 639. The molecule has 2 aromatic rings. The van der Waals surface area contributed by atoms with Crippen molar-refractivity contribution in [2.75, 3.05) is 7.11 Å². The lowest BCUT2D eigenvalue weighted by atomic mass is 10.1. The Morgan fingerprint density at radius 3 is 2.67 bits per heavy atom. The molecule has 110 valence electrons. The first-order valence-electron chi connectivity index (χ1n) is 7.40. The first-order chi connectivity index (χ1) is 10.2. The van der Waals surface area contributed by atoms with Crippen molar-refractivity contribution in [3.8, 4) is 11.5 Å². The standard InChI is InChI=1S/C18H21NO2/c1-3-12-8-9-15(16(10-12)20-2)21-17-11-13-6-4-5-7-14(13)18(17)19/h4-10,17-18H,3,11,19H2,1-2H3. The minimum atomic E-state index is -0.0863. The van der Waals surface area contributed by atoms with Gasteiger partial charge in [-0.2, -0.15) is 0 Å². The van der Waals surface area contributed by atoms with E-state index in [1.165, 1.54) is 16.7 Å². The van der Waals surface area contributed by atoms with E-state index in [0.29, 0.717) is 0 Å². The molecule has 1 aliphatic rings. The average Bonchev–Trinajstić information content (AvgIpc) is 2.84. The molecule has 0 radical (unpaired) electrons. The van der Waals surface area contributed by atoms with Gasteiger partial charge >= 0.3 is 0 Å². The summed E-state index contributed by atoms with van der Waals surface area (Å²) in [5.41, 5.74) is 10.0. The molecular weight excluding hydrogens is 262 g/mol. The molecule has 0 amide bonds. The SMILES string of the molecule is CCc1ccc(OC2Cc3ccccc3C2N)c(OC)c1. The zero-order valence-electron chi connectivity index (χ0n) is 12.5. The van der Waals surface area contributed by atoms with Gasteiger partial charge in [-0.15, -0.1) is 0 Å². The molecule has 3 nitrogen and oxygen atoms in total. The van der Waals surface area contributed by atoms with Crippen molar-refractivity contribution in [3.05, 3.63) is 59.2 Å². The van der Waals surface area contributed by atoms with Crippen LogP contribution >= 0.6 is 0 Å². The zero-order chi connectivity index (χ0) is 14.8. The molecule has 0 fully saturated rings. The van der Waals surface area contributed by atoms with Crippen molar-refractivity contribution in [2.45, 2.75) is 31.9 Å². The summed E-state index contributed by atoms with van der Waals surface area (Å²) in [7, 11) is 1.67. The second-order valence-corrected chi connectivity index (χ2v) is 5.42. The number of rotatable bonds is 4. The van der Waals surface area contributed by atoms with Crippen molar-refractivity contribution in [1.29, 1.82) is 0 Å². The van der Waals surface area contributed by atoms with E-state index >= 15 is 0 Å². The molecule has 2 unspecified atom stereocenters. The highest BCUT2D eigenvalue weighted by Gasteiger charge is 2.31. The van der Waals surface area contributed by atoms with Gasteiger partial charge in [-0.25, -0.2) is 0 Å². The molecule has 0 saturated carbocycles. The van der Waals surface area contributed by atoms with Crippen molar-refractivity contribution in [2.24, 2.45) is 5.73 Å². The maximum absolute atomic E-state index is 6.32.